The molecule has 0 saturated heterocycles. The lowest BCUT2D eigenvalue weighted by Gasteiger charge is -2.00. The number of nitrogens with zero attached hydrogens (tertiary/aromatic N) is 1. The number of aromatic nitrogens is 1. The molecule has 1 aliphatic rings. The maximum atomic E-state index is 12.7. The Morgan fingerprint density at radius 2 is 1.86 bits per heavy atom. The van der Waals surface area contributed by atoms with Crippen molar-refractivity contribution in [3.8, 4) is 10.6 Å². The number of aryl methyl sites for hydroxylation is 2. The van der Waals surface area contributed by atoms with E-state index < -0.39 is 0 Å². The molecule has 5 rings (SSSR count). The molecule has 1 aliphatic carbocycles. The number of furan rings is 1. The summed E-state index contributed by atoms with van der Waals surface area (Å²) in [7, 11) is 1.97. The van der Waals surface area contributed by atoms with Crippen molar-refractivity contribution in [1.29, 1.82) is 0 Å². The van der Waals surface area contributed by atoms with E-state index in [-0.39, 0.29) is 17.1 Å². The van der Waals surface area contributed by atoms with Crippen molar-refractivity contribution in [2.45, 2.75) is 6.92 Å². The molecule has 0 aliphatic heterocycles. The van der Waals surface area contributed by atoms with Crippen LogP contribution in [0.5, 0.6) is 0 Å². The molecular weight excluding hydrogens is 394 g/mol. The number of Topliss-reactive ketones (excluding diaryl/α,β-unsaturated/α-hetero) is 2. The van der Waals surface area contributed by atoms with E-state index in [1.54, 1.807) is 23.5 Å². The van der Waals surface area contributed by atoms with Crippen LogP contribution in [0.25, 0.3) is 27.7 Å². The van der Waals surface area contributed by atoms with Crippen molar-refractivity contribution in [2.24, 2.45) is 7.05 Å². The van der Waals surface area contributed by atoms with Crippen LogP contribution in [0.1, 0.15) is 32.0 Å². The topological polar surface area (TPSA) is 52.2 Å². The predicted molar refractivity (Wildman–Crippen MR) is 111 cm³/mol. The Morgan fingerprint density at radius 1 is 1.11 bits per heavy atom. The van der Waals surface area contributed by atoms with Gasteiger partial charge in [-0.25, -0.2) is 0 Å². The third-order valence-corrected chi connectivity index (χ3v) is 6.39. The first-order valence-corrected chi connectivity index (χ1v) is 9.94. The standard InChI is InChI=1S/C22H14ClNO3S/c1-11-6-13-14(9-16(11)23)22(26)15(21(13)25)7-12-8-17-19(27-12)10-18(24(17)2)20-4-3-5-28-20/h3-10H,1-2H3/b15-7-. The molecule has 0 unspecified atom stereocenters. The number of hydrogen-bond donors (Lipinski definition) is 0. The molecule has 0 bridgehead atoms. The summed E-state index contributed by atoms with van der Waals surface area (Å²) in [4.78, 5) is 26.6. The number of hydrogen-bond acceptors (Lipinski definition) is 4. The van der Waals surface area contributed by atoms with Crippen LogP contribution in [0.15, 0.2) is 51.8 Å². The first kappa shape index (κ1) is 17.2. The smallest absolute Gasteiger partial charge is 0.197 e. The number of benzene rings is 1. The lowest BCUT2D eigenvalue weighted by molar-refractivity contribution is 0.0990. The SMILES string of the molecule is Cc1cc2c(cc1Cl)C(=O)/C(=C\c1cc3c(cc(-c4cccs4)n3C)o1)C2=O. The molecule has 0 N–H and O–H groups in total. The second-order valence-electron chi connectivity index (χ2n) is 6.83. The second-order valence-corrected chi connectivity index (χ2v) is 8.18. The molecule has 0 spiro atoms. The maximum absolute atomic E-state index is 12.7. The fourth-order valence-corrected chi connectivity index (χ4v) is 4.53. The van der Waals surface area contributed by atoms with Gasteiger partial charge in [0, 0.05) is 35.3 Å². The van der Waals surface area contributed by atoms with Crippen LogP contribution < -0.4 is 0 Å². The Bertz CT molecular complexity index is 1280. The highest BCUT2D eigenvalue weighted by atomic mass is 35.5. The van der Waals surface area contributed by atoms with Gasteiger partial charge in [-0.15, -0.1) is 11.3 Å². The lowest BCUT2D eigenvalue weighted by atomic mass is 10.1. The summed E-state index contributed by atoms with van der Waals surface area (Å²) in [5.74, 6) is -0.133. The first-order chi connectivity index (χ1) is 13.4. The van der Waals surface area contributed by atoms with E-state index >= 15 is 0 Å². The fourth-order valence-electron chi connectivity index (χ4n) is 3.59. The average Bonchev–Trinajstić information content (AvgIpc) is 3.41. The number of allylic oxidation sites excluding steroid dienone is 1. The Hall–Kier alpha value is -2.89. The van der Waals surface area contributed by atoms with Crippen LogP contribution in [-0.4, -0.2) is 16.1 Å². The summed E-state index contributed by atoms with van der Waals surface area (Å²) < 4.78 is 7.95. The van der Waals surface area contributed by atoms with Gasteiger partial charge in [-0.05, 0) is 42.1 Å². The molecule has 4 nitrogen and oxygen atoms in total. The van der Waals surface area contributed by atoms with E-state index in [2.05, 4.69) is 6.07 Å². The predicted octanol–water partition coefficient (Wildman–Crippen LogP) is 5.92. The zero-order valence-electron chi connectivity index (χ0n) is 15.1. The van der Waals surface area contributed by atoms with Crippen LogP contribution in [-0.2, 0) is 7.05 Å². The highest BCUT2D eigenvalue weighted by Gasteiger charge is 2.34. The number of fused-ring (bicyclic) bond motifs is 2. The van der Waals surface area contributed by atoms with E-state index in [0.29, 0.717) is 27.5 Å². The van der Waals surface area contributed by atoms with Gasteiger partial charge >= 0.3 is 0 Å². The zero-order valence-corrected chi connectivity index (χ0v) is 16.6. The molecule has 138 valence electrons. The van der Waals surface area contributed by atoms with Gasteiger partial charge in [-0.3, -0.25) is 9.59 Å². The van der Waals surface area contributed by atoms with Gasteiger partial charge in [0.05, 0.1) is 21.7 Å². The minimum atomic E-state index is -0.318. The molecule has 0 amide bonds. The van der Waals surface area contributed by atoms with Crippen LogP contribution in [0.3, 0.4) is 0 Å². The van der Waals surface area contributed by atoms with Crippen LogP contribution in [0.2, 0.25) is 5.02 Å². The van der Waals surface area contributed by atoms with Gasteiger partial charge in [0.1, 0.15) is 5.76 Å². The number of ketones is 2. The van der Waals surface area contributed by atoms with Gasteiger partial charge in [0.25, 0.3) is 0 Å². The largest absolute Gasteiger partial charge is 0.455 e. The first-order valence-electron chi connectivity index (χ1n) is 8.68. The molecule has 4 aromatic rings. The molecule has 6 heteroatoms. The van der Waals surface area contributed by atoms with Gasteiger partial charge in [0.15, 0.2) is 17.1 Å². The van der Waals surface area contributed by atoms with Crippen molar-refractivity contribution < 1.29 is 14.0 Å². The summed E-state index contributed by atoms with van der Waals surface area (Å²) in [6.07, 6.45) is 1.53. The monoisotopic (exact) mass is 407 g/mol. The second kappa shape index (κ2) is 6.06. The summed E-state index contributed by atoms with van der Waals surface area (Å²) in [5.41, 5.74) is 4.31. The van der Waals surface area contributed by atoms with Gasteiger partial charge in [-0.2, -0.15) is 0 Å². The molecule has 0 radical (unpaired) electrons. The number of rotatable bonds is 2. The Labute approximate surface area is 169 Å². The number of carbonyl (C=O) groups is 2. The maximum Gasteiger partial charge on any atom is 0.197 e. The molecule has 1 aromatic carbocycles. The molecular formula is C22H14ClNO3S. The van der Waals surface area contributed by atoms with Crippen molar-refractivity contribution in [1.82, 2.24) is 4.57 Å². The van der Waals surface area contributed by atoms with E-state index in [9.17, 15) is 9.59 Å². The van der Waals surface area contributed by atoms with Crippen LogP contribution in [0.4, 0.5) is 0 Å². The van der Waals surface area contributed by atoms with Gasteiger partial charge in [-0.1, -0.05) is 17.7 Å². The third kappa shape index (κ3) is 2.44. The molecule has 3 aromatic heterocycles. The number of thiophene rings is 1. The van der Waals surface area contributed by atoms with Gasteiger partial charge in [0.2, 0.25) is 0 Å². The quantitative estimate of drug-likeness (QED) is 0.306. The number of halogens is 1. The Morgan fingerprint density at radius 3 is 2.54 bits per heavy atom. The minimum absolute atomic E-state index is 0.106. The Kier molecular flexibility index (Phi) is 3.73. The van der Waals surface area contributed by atoms with Crippen molar-refractivity contribution in [3.05, 3.63) is 74.8 Å². The number of carbonyl (C=O) groups excluding carboxylic acids is 2. The molecule has 0 saturated carbocycles. The van der Waals surface area contributed by atoms with Crippen molar-refractivity contribution >= 4 is 51.7 Å². The normalized spacial score (nSPS) is 15.2. The van der Waals surface area contributed by atoms with E-state index in [0.717, 1.165) is 21.7 Å². The summed E-state index contributed by atoms with van der Waals surface area (Å²) in [6, 6.07) is 11.1. The molecule has 3 heterocycles. The third-order valence-electron chi connectivity index (χ3n) is 5.09. The highest BCUT2D eigenvalue weighted by Crippen LogP contribution is 2.35. The van der Waals surface area contributed by atoms with Crippen LogP contribution >= 0.6 is 22.9 Å². The Balaban J connectivity index is 1.57. The van der Waals surface area contributed by atoms with E-state index in [1.807, 2.05) is 42.1 Å². The van der Waals surface area contributed by atoms with E-state index in [1.165, 1.54) is 6.08 Å². The van der Waals surface area contributed by atoms with Crippen molar-refractivity contribution in [2.75, 3.05) is 0 Å². The van der Waals surface area contributed by atoms with Crippen LogP contribution in [0, 0.1) is 6.92 Å². The van der Waals surface area contributed by atoms with E-state index in [4.69, 9.17) is 16.0 Å². The highest BCUT2D eigenvalue weighted by molar-refractivity contribution is 7.13. The van der Waals surface area contributed by atoms with Crippen molar-refractivity contribution in [3.63, 3.8) is 0 Å². The molecule has 0 fully saturated rings. The summed E-state index contributed by atoms with van der Waals surface area (Å²) in [6.45, 7) is 1.81. The average molecular weight is 408 g/mol. The molecule has 0 atom stereocenters. The minimum Gasteiger partial charge on any atom is -0.455 e. The molecule has 28 heavy (non-hydrogen) atoms. The lowest BCUT2D eigenvalue weighted by Crippen LogP contribution is -1.99. The summed E-state index contributed by atoms with van der Waals surface area (Å²) in [5, 5.41) is 2.51. The zero-order chi connectivity index (χ0) is 19.6. The fraction of sp³-hybridized carbons (Fsp3) is 0.0909. The summed E-state index contributed by atoms with van der Waals surface area (Å²) >= 11 is 7.78. The van der Waals surface area contributed by atoms with Gasteiger partial charge < -0.3 is 8.98 Å².